The van der Waals surface area contributed by atoms with Crippen molar-refractivity contribution in [1.29, 1.82) is 0 Å². The molecule has 5 rings (SSSR count). The number of hydrogen-bond acceptors (Lipinski definition) is 6. The van der Waals surface area contributed by atoms with Gasteiger partial charge in [-0.05, 0) is 61.7 Å². The summed E-state index contributed by atoms with van der Waals surface area (Å²) in [6.07, 6.45) is 4.08. The van der Waals surface area contributed by atoms with Crippen molar-refractivity contribution < 1.29 is 4.79 Å². The molecular weight excluding hydrogens is 402 g/mol. The van der Waals surface area contributed by atoms with Gasteiger partial charge in [0.25, 0.3) is 0 Å². The zero-order chi connectivity index (χ0) is 19.8. The summed E-state index contributed by atoms with van der Waals surface area (Å²) in [6, 6.07) is 14.6. The molecule has 2 heterocycles. The number of nitrogens with zero attached hydrogens (tertiary/aromatic N) is 4. The molecule has 29 heavy (non-hydrogen) atoms. The first-order valence-corrected chi connectivity index (χ1v) is 11.3. The summed E-state index contributed by atoms with van der Waals surface area (Å²) in [5, 5.41) is 12.8. The number of nitrogens with one attached hydrogen (secondary N) is 1. The third kappa shape index (κ3) is 4.04. The summed E-state index contributed by atoms with van der Waals surface area (Å²) in [5.74, 6) is 0.258. The molecule has 2 aromatic heterocycles. The number of anilines is 1. The predicted molar refractivity (Wildman–Crippen MR) is 117 cm³/mol. The number of fused-ring (bicyclic) bond motifs is 1. The fraction of sp³-hybridized carbons (Fsp3) is 0.238. The smallest absolute Gasteiger partial charge is 0.234 e. The topological polar surface area (TPSA) is 72.7 Å². The number of rotatable bonds is 6. The van der Waals surface area contributed by atoms with Crippen LogP contribution in [0.5, 0.6) is 0 Å². The normalized spacial score (nSPS) is 13.7. The van der Waals surface area contributed by atoms with Gasteiger partial charge in [-0.2, -0.15) is 0 Å². The molecule has 0 aliphatic heterocycles. The molecule has 1 amide bonds. The number of thioether (sulfide) groups is 1. The van der Waals surface area contributed by atoms with Crippen LogP contribution in [-0.4, -0.2) is 31.4 Å². The van der Waals surface area contributed by atoms with Gasteiger partial charge in [0.15, 0.2) is 5.16 Å². The van der Waals surface area contributed by atoms with Crippen molar-refractivity contribution in [2.24, 2.45) is 0 Å². The zero-order valence-corrected chi connectivity index (χ0v) is 17.5. The van der Waals surface area contributed by atoms with Crippen molar-refractivity contribution in [3.8, 4) is 10.6 Å². The quantitative estimate of drug-likeness (QED) is 0.447. The Kier molecular flexibility index (Phi) is 4.81. The number of aromatic nitrogens is 4. The van der Waals surface area contributed by atoms with Gasteiger partial charge in [-0.15, -0.1) is 21.5 Å². The van der Waals surface area contributed by atoms with Gasteiger partial charge in [-0.3, -0.25) is 4.79 Å². The van der Waals surface area contributed by atoms with E-state index in [-0.39, 0.29) is 5.91 Å². The van der Waals surface area contributed by atoms with E-state index in [1.807, 2.05) is 24.3 Å². The van der Waals surface area contributed by atoms with Crippen molar-refractivity contribution >= 4 is 44.9 Å². The Labute approximate surface area is 176 Å². The fourth-order valence-corrected chi connectivity index (χ4v) is 4.97. The summed E-state index contributed by atoms with van der Waals surface area (Å²) in [6.45, 7) is 2.09. The second-order valence-electron chi connectivity index (χ2n) is 7.16. The standard InChI is InChI=1S/C21H19N5OS2/c1-13-2-9-17-18(10-13)29-20(24-17)14-3-5-15(6-4-14)23-19(27)11-28-21-25-22-12-26(21)16-7-8-16/h2-6,9-10,12,16H,7-8,11H2,1H3,(H,23,27). The molecule has 4 aromatic rings. The Balaban J connectivity index is 1.22. The zero-order valence-electron chi connectivity index (χ0n) is 15.8. The number of thiazole rings is 1. The Bertz CT molecular complexity index is 1180. The highest BCUT2D eigenvalue weighted by atomic mass is 32.2. The Morgan fingerprint density at radius 1 is 1.24 bits per heavy atom. The van der Waals surface area contributed by atoms with Gasteiger partial charge in [0, 0.05) is 17.3 Å². The van der Waals surface area contributed by atoms with Crippen molar-refractivity contribution in [1.82, 2.24) is 19.7 Å². The minimum absolute atomic E-state index is 0.0523. The van der Waals surface area contributed by atoms with Crippen LogP contribution < -0.4 is 5.32 Å². The minimum atomic E-state index is -0.0523. The maximum Gasteiger partial charge on any atom is 0.234 e. The van der Waals surface area contributed by atoms with Crippen LogP contribution >= 0.6 is 23.1 Å². The second kappa shape index (κ2) is 7.61. The minimum Gasteiger partial charge on any atom is -0.325 e. The van der Waals surface area contributed by atoms with Gasteiger partial charge in [-0.25, -0.2) is 4.98 Å². The van der Waals surface area contributed by atoms with Crippen LogP contribution in [0.25, 0.3) is 20.8 Å². The fourth-order valence-electron chi connectivity index (χ4n) is 3.12. The van der Waals surface area contributed by atoms with Crippen molar-refractivity contribution in [3.63, 3.8) is 0 Å². The SMILES string of the molecule is Cc1ccc2nc(-c3ccc(NC(=O)CSc4nncn4C4CC4)cc3)sc2c1. The van der Waals surface area contributed by atoms with Crippen LogP contribution in [0.2, 0.25) is 0 Å². The summed E-state index contributed by atoms with van der Waals surface area (Å²) >= 11 is 3.10. The molecule has 0 bridgehead atoms. The van der Waals surface area contributed by atoms with E-state index in [2.05, 4.69) is 45.2 Å². The average Bonchev–Trinajstić information content (AvgIpc) is 3.30. The van der Waals surface area contributed by atoms with E-state index in [0.29, 0.717) is 11.8 Å². The Morgan fingerprint density at radius 3 is 2.86 bits per heavy atom. The van der Waals surface area contributed by atoms with Crippen LogP contribution in [0.4, 0.5) is 5.69 Å². The summed E-state index contributed by atoms with van der Waals surface area (Å²) in [5.41, 5.74) is 4.08. The predicted octanol–water partition coefficient (Wildman–Crippen LogP) is 4.93. The highest BCUT2D eigenvalue weighted by molar-refractivity contribution is 7.99. The molecule has 1 fully saturated rings. The van der Waals surface area contributed by atoms with Gasteiger partial charge in [0.05, 0.1) is 16.0 Å². The van der Waals surface area contributed by atoms with E-state index in [1.165, 1.54) is 34.9 Å². The molecule has 0 radical (unpaired) electrons. The Hall–Kier alpha value is -2.71. The molecule has 0 unspecified atom stereocenters. The molecular formula is C21H19N5OS2. The molecule has 1 aliphatic carbocycles. The van der Waals surface area contributed by atoms with Gasteiger partial charge < -0.3 is 9.88 Å². The first kappa shape index (κ1) is 18.3. The maximum absolute atomic E-state index is 12.3. The number of amides is 1. The van der Waals surface area contributed by atoms with Crippen LogP contribution in [0, 0.1) is 6.92 Å². The van der Waals surface area contributed by atoms with Crippen molar-refractivity contribution in [2.45, 2.75) is 31.0 Å². The third-order valence-corrected chi connectivity index (χ3v) is 6.80. The summed E-state index contributed by atoms with van der Waals surface area (Å²) in [7, 11) is 0. The highest BCUT2D eigenvalue weighted by Gasteiger charge is 2.26. The van der Waals surface area contributed by atoms with E-state index < -0.39 is 0 Å². The second-order valence-corrected chi connectivity index (χ2v) is 9.13. The lowest BCUT2D eigenvalue weighted by atomic mass is 10.2. The van der Waals surface area contributed by atoms with Gasteiger partial charge >= 0.3 is 0 Å². The first-order valence-electron chi connectivity index (χ1n) is 9.45. The monoisotopic (exact) mass is 421 g/mol. The maximum atomic E-state index is 12.3. The average molecular weight is 422 g/mol. The largest absolute Gasteiger partial charge is 0.325 e. The van der Waals surface area contributed by atoms with Crippen LogP contribution in [-0.2, 0) is 4.79 Å². The lowest BCUT2D eigenvalue weighted by Gasteiger charge is -2.06. The van der Waals surface area contributed by atoms with E-state index in [4.69, 9.17) is 4.98 Å². The lowest BCUT2D eigenvalue weighted by molar-refractivity contribution is -0.113. The molecule has 0 spiro atoms. The van der Waals surface area contributed by atoms with Crippen LogP contribution in [0.3, 0.4) is 0 Å². The lowest BCUT2D eigenvalue weighted by Crippen LogP contribution is -2.14. The molecule has 6 nitrogen and oxygen atoms in total. The third-order valence-electron chi connectivity index (χ3n) is 4.77. The van der Waals surface area contributed by atoms with Crippen molar-refractivity contribution in [2.75, 3.05) is 11.1 Å². The van der Waals surface area contributed by atoms with E-state index in [9.17, 15) is 4.79 Å². The molecule has 2 aromatic carbocycles. The highest BCUT2D eigenvalue weighted by Crippen LogP contribution is 2.37. The van der Waals surface area contributed by atoms with E-state index in [0.717, 1.165) is 26.9 Å². The molecule has 1 aliphatic rings. The molecule has 1 N–H and O–H groups in total. The summed E-state index contributed by atoms with van der Waals surface area (Å²) < 4.78 is 3.25. The van der Waals surface area contributed by atoms with Crippen molar-refractivity contribution in [3.05, 3.63) is 54.4 Å². The van der Waals surface area contributed by atoms with Crippen LogP contribution in [0.15, 0.2) is 53.9 Å². The number of carbonyl (C=O) groups is 1. The van der Waals surface area contributed by atoms with Gasteiger partial charge in [0.1, 0.15) is 11.3 Å². The van der Waals surface area contributed by atoms with Crippen LogP contribution in [0.1, 0.15) is 24.4 Å². The molecule has 8 heteroatoms. The number of carbonyl (C=O) groups excluding carboxylic acids is 1. The number of benzene rings is 2. The Morgan fingerprint density at radius 2 is 2.07 bits per heavy atom. The number of aryl methyl sites for hydroxylation is 1. The molecule has 0 saturated heterocycles. The number of hydrogen-bond donors (Lipinski definition) is 1. The van der Waals surface area contributed by atoms with E-state index >= 15 is 0 Å². The molecule has 0 atom stereocenters. The van der Waals surface area contributed by atoms with E-state index in [1.54, 1.807) is 17.7 Å². The first-order chi connectivity index (χ1) is 14.2. The molecule has 146 valence electrons. The van der Waals surface area contributed by atoms with Gasteiger partial charge in [0.2, 0.25) is 5.91 Å². The molecule has 1 saturated carbocycles. The van der Waals surface area contributed by atoms with Gasteiger partial charge in [-0.1, -0.05) is 17.8 Å². The summed E-state index contributed by atoms with van der Waals surface area (Å²) in [4.78, 5) is 17.0.